The largest absolute Gasteiger partial charge is 0.339 e. The van der Waals surface area contributed by atoms with Gasteiger partial charge in [0.15, 0.2) is 0 Å². The van der Waals surface area contributed by atoms with Crippen LogP contribution in [0.2, 0.25) is 0 Å². The Kier molecular flexibility index (Phi) is 6.16. The van der Waals surface area contributed by atoms with Crippen LogP contribution in [0.4, 0.5) is 11.4 Å². The van der Waals surface area contributed by atoms with Crippen LogP contribution in [0, 0.1) is 10.1 Å². The van der Waals surface area contributed by atoms with Gasteiger partial charge in [0.05, 0.1) is 4.92 Å². The van der Waals surface area contributed by atoms with E-state index in [0.717, 1.165) is 25.9 Å². The monoisotopic (exact) mass is 379 g/mol. The van der Waals surface area contributed by atoms with E-state index in [1.807, 2.05) is 4.90 Å². The zero-order valence-corrected chi connectivity index (χ0v) is 15.3. The molecule has 1 aliphatic heterocycles. The highest BCUT2D eigenvalue weighted by Gasteiger charge is 2.17. The molecule has 1 N–H and O–H groups in total. The molecule has 7 nitrogen and oxygen atoms in total. The minimum absolute atomic E-state index is 0.000733. The van der Waals surface area contributed by atoms with Crippen molar-refractivity contribution in [1.82, 2.24) is 4.90 Å². The number of likely N-dealkylation sites (tertiary alicyclic amines) is 1. The summed E-state index contributed by atoms with van der Waals surface area (Å²) in [4.78, 5) is 36.5. The third-order valence-corrected chi connectivity index (χ3v) is 4.57. The first kappa shape index (κ1) is 19.3. The highest BCUT2D eigenvalue weighted by molar-refractivity contribution is 6.02. The van der Waals surface area contributed by atoms with Gasteiger partial charge in [-0.15, -0.1) is 0 Å². The van der Waals surface area contributed by atoms with Crippen LogP contribution in [0.15, 0.2) is 54.6 Å². The molecule has 3 rings (SSSR count). The van der Waals surface area contributed by atoms with Gasteiger partial charge in [0.25, 0.3) is 11.6 Å². The number of rotatable bonds is 5. The number of nitrogens with zero attached hydrogens (tertiary/aromatic N) is 2. The molecule has 144 valence electrons. The van der Waals surface area contributed by atoms with Gasteiger partial charge in [-0.3, -0.25) is 19.7 Å². The van der Waals surface area contributed by atoms with Crippen molar-refractivity contribution >= 4 is 29.3 Å². The molecule has 2 amide bonds. The number of hydrogen-bond acceptors (Lipinski definition) is 4. The summed E-state index contributed by atoms with van der Waals surface area (Å²) in [7, 11) is 0. The number of amides is 2. The Balaban J connectivity index is 1.56. The molecule has 0 bridgehead atoms. The molecular formula is C21H21N3O4. The Labute approximate surface area is 162 Å². The van der Waals surface area contributed by atoms with Gasteiger partial charge >= 0.3 is 0 Å². The Morgan fingerprint density at radius 3 is 2.21 bits per heavy atom. The van der Waals surface area contributed by atoms with Crippen LogP contribution >= 0.6 is 0 Å². The third kappa shape index (κ3) is 5.03. The smallest absolute Gasteiger partial charge is 0.269 e. The average Bonchev–Trinajstić information content (AvgIpc) is 2.73. The number of benzene rings is 2. The van der Waals surface area contributed by atoms with Gasteiger partial charge in [0.1, 0.15) is 0 Å². The minimum Gasteiger partial charge on any atom is -0.339 e. The molecule has 0 aliphatic carbocycles. The lowest BCUT2D eigenvalue weighted by molar-refractivity contribution is -0.384. The van der Waals surface area contributed by atoms with Crippen molar-refractivity contribution in [3.8, 4) is 0 Å². The van der Waals surface area contributed by atoms with E-state index in [9.17, 15) is 19.7 Å². The number of hydrogen-bond donors (Lipinski definition) is 1. The van der Waals surface area contributed by atoms with Crippen LogP contribution in [-0.4, -0.2) is 34.7 Å². The fourth-order valence-electron chi connectivity index (χ4n) is 3.04. The topological polar surface area (TPSA) is 92.5 Å². The summed E-state index contributed by atoms with van der Waals surface area (Å²) >= 11 is 0. The number of nitro benzene ring substituents is 1. The van der Waals surface area contributed by atoms with Gasteiger partial charge in [-0.2, -0.15) is 0 Å². The second-order valence-corrected chi connectivity index (χ2v) is 6.60. The van der Waals surface area contributed by atoms with Crippen molar-refractivity contribution in [2.75, 3.05) is 18.4 Å². The molecule has 0 unspecified atom stereocenters. The first-order valence-electron chi connectivity index (χ1n) is 9.16. The molecular weight excluding hydrogens is 358 g/mol. The summed E-state index contributed by atoms with van der Waals surface area (Å²) in [5, 5.41) is 13.4. The molecule has 0 radical (unpaired) electrons. The lowest BCUT2D eigenvalue weighted by atomic mass is 10.1. The van der Waals surface area contributed by atoms with Gasteiger partial charge in [0, 0.05) is 42.5 Å². The normalized spacial score (nSPS) is 14.1. The quantitative estimate of drug-likeness (QED) is 0.485. The van der Waals surface area contributed by atoms with Gasteiger partial charge in [-0.25, -0.2) is 0 Å². The fraction of sp³-hybridized carbons (Fsp3) is 0.238. The number of carbonyl (C=O) groups is 2. The van der Waals surface area contributed by atoms with Crippen LogP contribution in [-0.2, 0) is 4.79 Å². The van der Waals surface area contributed by atoms with Gasteiger partial charge in [0.2, 0.25) is 5.91 Å². The van der Waals surface area contributed by atoms with Gasteiger partial charge in [-0.1, -0.05) is 0 Å². The van der Waals surface area contributed by atoms with E-state index in [-0.39, 0.29) is 17.5 Å². The molecule has 1 aliphatic rings. The van der Waals surface area contributed by atoms with Crippen LogP contribution < -0.4 is 5.32 Å². The molecule has 1 fully saturated rings. The molecule has 28 heavy (non-hydrogen) atoms. The fourth-order valence-corrected chi connectivity index (χ4v) is 3.04. The number of non-ortho nitro benzene ring substituents is 1. The van der Waals surface area contributed by atoms with Crippen molar-refractivity contribution in [1.29, 1.82) is 0 Å². The number of nitro groups is 1. The summed E-state index contributed by atoms with van der Waals surface area (Å²) in [6.45, 7) is 1.59. The molecule has 0 aromatic heterocycles. The van der Waals surface area contributed by atoms with E-state index in [0.29, 0.717) is 16.8 Å². The summed E-state index contributed by atoms with van der Waals surface area (Å²) in [5.74, 6) is -0.302. The Bertz CT molecular complexity index is 883. The number of nitrogens with one attached hydrogen (secondary N) is 1. The van der Waals surface area contributed by atoms with E-state index in [1.165, 1.54) is 24.6 Å². The molecule has 1 heterocycles. The van der Waals surface area contributed by atoms with Crippen molar-refractivity contribution in [2.45, 2.75) is 19.3 Å². The van der Waals surface area contributed by atoms with E-state index in [1.54, 1.807) is 42.5 Å². The Hall–Kier alpha value is -3.48. The first-order chi connectivity index (χ1) is 13.5. The predicted octanol–water partition coefficient (Wildman–Crippen LogP) is 3.87. The van der Waals surface area contributed by atoms with Crippen molar-refractivity contribution in [3.05, 3.63) is 75.8 Å². The second-order valence-electron chi connectivity index (χ2n) is 6.60. The maximum atomic E-state index is 12.4. The summed E-state index contributed by atoms with van der Waals surface area (Å²) in [5.41, 5.74) is 1.89. The van der Waals surface area contributed by atoms with Crippen molar-refractivity contribution in [2.24, 2.45) is 0 Å². The zero-order chi connectivity index (χ0) is 19.9. The Morgan fingerprint density at radius 2 is 1.61 bits per heavy atom. The van der Waals surface area contributed by atoms with Crippen LogP contribution in [0.25, 0.3) is 6.08 Å². The second kappa shape index (κ2) is 8.94. The molecule has 0 saturated carbocycles. The molecule has 7 heteroatoms. The molecule has 2 aromatic carbocycles. The zero-order valence-electron chi connectivity index (χ0n) is 15.3. The van der Waals surface area contributed by atoms with Crippen LogP contribution in [0.1, 0.15) is 35.2 Å². The Morgan fingerprint density at radius 1 is 0.964 bits per heavy atom. The maximum absolute atomic E-state index is 12.4. The van der Waals surface area contributed by atoms with E-state index < -0.39 is 4.92 Å². The standard InChI is InChI=1S/C21H21N3O4/c25-20(13-6-16-4-11-19(12-5-16)24(27)28)22-18-9-7-17(8-10-18)21(26)23-14-2-1-3-15-23/h4-13H,1-3,14-15H2,(H,22,25)/b13-6+. The SMILES string of the molecule is O=C(/C=C/c1ccc([N+](=O)[O-])cc1)Nc1ccc(C(=O)N2CCCCC2)cc1. The molecule has 2 aromatic rings. The molecule has 1 saturated heterocycles. The summed E-state index contributed by atoms with van der Waals surface area (Å²) < 4.78 is 0. The molecule has 0 atom stereocenters. The number of anilines is 1. The van der Waals surface area contributed by atoms with Gasteiger partial charge < -0.3 is 10.2 Å². The highest BCUT2D eigenvalue weighted by Crippen LogP contribution is 2.16. The number of carbonyl (C=O) groups excluding carboxylic acids is 2. The van der Waals surface area contributed by atoms with E-state index in [2.05, 4.69) is 5.32 Å². The van der Waals surface area contributed by atoms with E-state index >= 15 is 0 Å². The average molecular weight is 379 g/mol. The summed E-state index contributed by atoms with van der Waals surface area (Å²) in [6, 6.07) is 12.7. The third-order valence-electron chi connectivity index (χ3n) is 4.57. The molecule has 0 spiro atoms. The van der Waals surface area contributed by atoms with Crippen molar-refractivity contribution < 1.29 is 14.5 Å². The van der Waals surface area contributed by atoms with Crippen LogP contribution in [0.5, 0.6) is 0 Å². The lowest BCUT2D eigenvalue weighted by Gasteiger charge is -2.26. The lowest BCUT2D eigenvalue weighted by Crippen LogP contribution is -2.35. The highest BCUT2D eigenvalue weighted by atomic mass is 16.6. The predicted molar refractivity (Wildman–Crippen MR) is 107 cm³/mol. The number of piperidine rings is 1. The maximum Gasteiger partial charge on any atom is 0.269 e. The van der Waals surface area contributed by atoms with Crippen LogP contribution in [0.3, 0.4) is 0 Å². The van der Waals surface area contributed by atoms with Crippen molar-refractivity contribution in [3.63, 3.8) is 0 Å². The minimum atomic E-state index is -0.472. The first-order valence-corrected chi connectivity index (χ1v) is 9.16. The summed E-state index contributed by atoms with van der Waals surface area (Å²) in [6.07, 6.45) is 6.19. The van der Waals surface area contributed by atoms with E-state index in [4.69, 9.17) is 0 Å². The van der Waals surface area contributed by atoms with Gasteiger partial charge in [-0.05, 0) is 67.3 Å².